The summed E-state index contributed by atoms with van der Waals surface area (Å²) < 4.78 is 11.8. The van der Waals surface area contributed by atoms with Gasteiger partial charge in [0.05, 0.1) is 0 Å². The highest BCUT2D eigenvalue weighted by atomic mass is 28.4. The molecule has 1 rings (SSSR count). The van der Waals surface area contributed by atoms with Gasteiger partial charge in [-0.3, -0.25) is 0 Å². The summed E-state index contributed by atoms with van der Waals surface area (Å²) in [7, 11) is -1.79. The molecule has 0 heterocycles. The van der Waals surface area contributed by atoms with Crippen molar-refractivity contribution in [3.63, 3.8) is 0 Å². The van der Waals surface area contributed by atoms with Crippen molar-refractivity contribution in [2.24, 2.45) is 0 Å². The molecule has 0 fully saturated rings. The van der Waals surface area contributed by atoms with Crippen LogP contribution in [0, 0.1) is 0 Å². The van der Waals surface area contributed by atoms with Gasteiger partial charge in [0.25, 0.3) is 0 Å². The van der Waals surface area contributed by atoms with Crippen molar-refractivity contribution in [3.8, 4) is 5.75 Å². The molecule has 0 radical (unpaired) electrons. The van der Waals surface area contributed by atoms with Crippen LogP contribution in [-0.2, 0) is 4.43 Å². The van der Waals surface area contributed by atoms with Crippen LogP contribution in [0.2, 0.25) is 19.1 Å². The molecule has 1 aromatic rings. The van der Waals surface area contributed by atoms with Crippen molar-refractivity contribution < 1.29 is 14.3 Å². The van der Waals surface area contributed by atoms with Gasteiger partial charge in [0.2, 0.25) is 6.29 Å². The van der Waals surface area contributed by atoms with Crippen LogP contribution >= 0.6 is 0 Å². The lowest BCUT2D eigenvalue weighted by Crippen LogP contribution is -2.43. The molecule has 19 heavy (non-hydrogen) atoms. The van der Waals surface area contributed by atoms with Crippen LogP contribution in [0.1, 0.15) is 26.7 Å². The Hall–Kier alpha value is -0.843. The van der Waals surface area contributed by atoms with E-state index in [1.807, 2.05) is 30.3 Å². The fraction of sp³-hybridized carbons (Fsp3) is 0.600. The predicted octanol–water partition coefficient (Wildman–Crippen LogP) is 3.79. The predicted molar refractivity (Wildman–Crippen MR) is 80.8 cm³/mol. The summed E-state index contributed by atoms with van der Waals surface area (Å²) in [5, 5.41) is 9.83. The maximum absolute atomic E-state index is 9.83. The van der Waals surface area contributed by atoms with Gasteiger partial charge in [-0.15, -0.1) is 0 Å². The Bertz CT molecular complexity index is 352. The molecular weight excluding hydrogens is 256 g/mol. The molecule has 0 saturated carbocycles. The van der Waals surface area contributed by atoms with Gasteiger partial charge in [-0.1, -0.05) is 38.0 Å². The molecule has 1 N–H and O–H groups in total. The van der Waals surface area contributed by atoms with Crippen molar-refractivity contribution in [2.45, 2.75) is 58.2 Å². The highest BCUT2D eigenvalue weighted by Crippen LogP contribution is 2.21. The van der Waals surface area contributed by atoms with Gasteiger partial charge >= 0.3 is 0 Å². The molecule has 0 aromatic heterocycles. The molecule has 2 unspecified atom stereocenters. The Morgan fingerprint density at radius 3 is 2.37 bits per heavy atom. The van der Waals surface area contributed by atoms with Crippen LogP contribution in [0.4, 0.5) is 0 Å². The molecule has 0 spiro atoms. The van der Waals surface area contributed by atoms with Crippen LogP contribution < -0.4 is 4.74 Å². The van der Waals surface area contributed by atoms with Gasteiger partial charge in [-0.2, -0.15) is 0 Å². The largest absolute Gasteiger partial charge is 0.463 e. The van der Waals surface area contributed by atoms with E-state index in [4.69, 9.17) is 9.16 Å². The van der Waals surface area contributed by atoms with Gasteiger partial charge < -0.3 is 14.3 Å². The van der Waals surface area contributed by atoms with E-state index in [1.165, 1.54) is 6.42 Å². The molecule has 3 nitrogen and oxygen atoms in total. The van der Waals surface area contributed by atoms with Crippen LogP contribution in [0.25, 0.3) is 0 Å². The smallest absolute Gasteiger partial charge is 0.216 e. The first-order valence-electron chi connectivity index (χ1n) is 7.02. The highest BCUT2D eigenvalue weighted by molar-refractivity contribution is 6.71. The Labute approximate surface area is 117 Å². The highest BCUT2D eigenvalue weighted by Gasteiger charge is 2.29. The molecular formula is C15H26O3Si. The third kappa shape index (κ3) is 6.23. The van der Waals surface area contributed by atoms with Gasteiger partial charge in [-0.25, -0.2) is 0 Å². The SMILES string of the molecule is CCCC[Si](C)(C)OC(Oc1ccccc1)C(C)O. The topological polar surface area (TPSA) is 38.7 Å². The van der Waals surface area contributed by atoms with Gasteiger partial charge in [0.15, 0.2) is 8.32 Å². The number of hydrogen-bond acceptors (Lipinski definition) is 3. The fourth-order valence-corrected chi connectivity index (χ4v) is 4.03. The second-order valence-corrected chi connectivity index (χ2v) is 9.78. The average Bonchev–Trinajstić information content (AvgIpc) is 2.36. The molecule has 0 saturated heterocycles. The van der Waals surface area contributed by atoms with Crippen molar-refractivity contribution in [1.82, 2.24) is 0 Å². The summed E-state index contributed by atoms with van der Waals surface area (Å²) in [6.45, 7) is 8.23. The first-order valence-corrected chi connectivity index (χ1v) is 10.1. The Kier molecular flexibility index (Phi) is 6.55. The van der Waals surface area contributed by atoms with Gasteiger partial charge in [-0.05, 0) is 38.2 Å². The van der Waals surface area contributed by atoms with Crippen LogP contribution in [0.15, 0.2) is 30.3 Å². The zero-order valence-corrected chi connectivity index (χ0v) is 13.4. The van der Waals surface area contributed by atoms with Gasteiger partial charge in [0.1, 0.15) is 11.9 Å². The number of rotatable bonds is 8. The van der Waals surface area contributed by atoms with E-state index in [0.717, 1.165) is 18.2 Å². The molecule has 108 valence electrons. The lowest BCUT2D eigenvalue weighted by molar-refractivity contribution is -0.0838. The summed E-state index contributed by atoms with van der Waals surface area (Å²) >= 11 is 0. The van der Waals surface area contributed by atoms with E-state index >= 15 is 0 Å². The summed E-state index contributed by atoms with van der Waals surface area (Å²) in [4.78, 5) is 0. The molecule has 0 aliphatic rings. The Balaban J connectivity index is 2.63. The monoisotopic (exact) mass is 282 g/mol. The Morgan fingerprint density at radius 1 is 1.21 bits per heavy atom. The first kappa shape index (κ1) is 16.2. The zero-order chi connectivity index (χ0) is 14.3. The van der Waals surface area contributed by atoms with E-state index in [-0.39, 0.29) is 0 Å². The third-order valence-electron chi connectivity index (χ3n) is 2.96. The fourth-order valence-electron chi connectivity index (χ4n) is 1.83. The number of aliphatic hydroxyl groups is 1. The molecule has 0 aliphatic heterocycles. The second kappa shape index (κ2) is 7.67. The Morgan fingerprint density at radius 2 is 1.84 bits per heavy atom. The molecule has 0 aliphatic carbocycles. The lowest BCUT2D eigenvalue weighted by atomic mass is 10.3. The quantitative estimate of drug-likeness (QED) is 0.582. The number of ether oxygens (including phenoxy) is 1. The molecule has 0 bridgehead atoms. The molecule has 4 heteroatoms. The molecule has 2 atom stereocenters. The number of benzene rings is 1. The summed E-state index contributed by atoms with van der Waals surface area (Å²) in [6.07, 6.45) is 1.10. The van der Waals surface area contributed by atoms with Crippen LogP contribution in [0.5, 0.6) is 5.75 Å². The zero-order valence-electron chi connectivity index (χ0n) is 12.4. The maximum Gasteiger partial charge on any atom is 0.216 e. The minimum absolute atomic E-state index is 0.582. The summed E-state index contributed by atoms with van der Waals surface area (Å²) in [5.41, 5.74) is 0. The van der Waals surface area contributed by atoms with E-state index in [9.17, 15) is 5.11 Å². The number of unbranched alkanes of at least 4 members (excludes halogenated alkanes) is 1. The molecule has 1 aromatic carbocycles. The van der Waals surface area contributed by atoms with Crippen LogP contribution in [-0.4, -0.2) is 25.8 Å². The normalized spacial score (nSPS) is 15.0. The number of hydrogen-bond donors (Lipinski definition) is 1. The van der Waals surface area contributed by atoms with Crippen molar-refractivity contribution in [1.29, 1.82) is 0 Å². The molecule has 0 amide bonds. The minimum atomic E-state index is -1.79. The van der Waals surface area contributed by atoms with Crippen molar-refractivity contribution in [2.75, 3.05) is 0 Å². The van der Waals surface area contributed by atoms with Crippen molar-refractivity contribution in [3.05, 3.63) is 30.3 Å². The van der Waals surface area contributed by atoms with E-state index < -0.39 is 20.7 Å². The second-order valence-electron chi connectivity index (χ2n) is 5.52. The lowest BCUT2D eigenvalue weighted by Gasteiger charge is -2.31. The van der Waals surface area contributed by atoms with Crippen LogP contribution in [0.3, 0.4) is 0 Å². The number of aliphatic hydroxyl groups excluding tert-OH is 1. The maximum atomic E-state index is 9.83. The number of para-hydroxylation sites is 1. The third-order valence-corrected chi connectivity index (χ3v) is 5.38. The summed E-state index contributed by atoms with van der Waals surface area (Å²) in [5.74, 6) is 0.730. The standard InChI is InChI=1S/C15H26O3Si/c1-5-6-12-19(3,4)18-15(13(2)16)17-14-10-8-7-9-11-14/h7-11,13,15-16H,5-6,12H2,1-4H3. The summed E-state index contributed by atoms with van der Waals surface area (Å²) in [6, 6.07) is 10.6. The van der Waals surface area contributed by atoms with E-state index in [2.05, 4.69) is 20.0 Å². The van der Waals surface area contributed by atoms with E-state index in [0.29, 0.717) is 0 Å². The van der Waals surface area contributed by atoms with Gasteiger partial charge in [0, 0.05) is 0 Å². The first-order chi connectivity index (χ1) is 8.94. The average molecular weight is 282 g/mol. The van der Waals surface area contributed by atoms with E-state index in [1.54, 1.807) is 6.92 Å². The van der Waals surface area contributed by atoms with Crippen molar-refractivity contribution >= 4 is 8.32 Å². The minimum Gasteiger partial charge on any atom is -0.463 e.